The summed E-state index contributed by atoms with van der Waals surface area (Å²) in [6, 6.07) is 22.1. The van der Waals surface area contributed by atoms with Crippen LogP contribution in [-0.4, -0.2) is 4.98 Å². The summed E-state index contributed by atoms with van der Waals surface area (Å²) in [6.07, 6.45) is 1.66. The van der Waals surface area contributed by atoms with Gasteiger partial charge in [-0.3, -0.25) is 0 Å². The molecule has 2 heteroatoms. The minimum absolute atomic E-state index is 0.572. The van der Waals surface area contributed by atoms with Gasteiger partial charge in [0.05, 0.1) is 0 Å². The Morgan fingerprint density at radius 1 is 0.647 bits per heavy atom. The highest BCUT2D eigenvalue weighted by Gasteiger charge is 1.85. The van der Waals surface area contributed by atoms with Crippen molar-refractivity contribution in [3.05, 3.63) is 72.9 Å². The number of nitrogens with zero attached hydrogens (tertiary/aromatic N) is 1. The summed E-state index contributed by atoms with van der Waals surface area (Å²) < 4.78 is 0. The molecule has 0 amide bonds. The van der Waals surface area contributed by atoms with Gasteiger partial charge < -0.3 is 5.73 Å². The molecule has 0 saturated heterocycles. The molecule has 0 aliphatic heterocycles. The van der Waals surface area contributed by atoms with E-state index in [9.17, 15) is 0 Å². The monoisotopic (exact) mass is 222 g/mol. The molecule has 2 aromatic carbocycles. The van der Waals surface area contributed by atoms with Crippen LogP contribution in [0, 0.1) is 0 Å². The Morgan fingerprint density at radius 2 is 1.12 bits per heavy atom. The van der Waals surface area contributed by atoms with E-state index in [0.29, 0.717) is 5.82 Å². The van der Waals surface area contributed by atoms with Gasteiger partial charge in [0, 0.05) is 6.20 Å². The number of fused-ring (bicyclic) bond motifs is 1. The molecule has 0 atom stereocenters. The van der Waals surface area contributed by atoms with Gasteiger partial charge in [-0.05, 0) is 22.9 Å². The average molecular weight is 222 g/mol. The van der Waals surface area contributed by atoms with E-state index in [2.05, 4.69) is 53.5 Å². The predicted molar refractivity (Wildman–Crippen MR) is 72.6 cm³/mol. The number of anilines is 1. The second kappa shape index (κ2) is 5.66. The van der Waals surface area contributed by atoms with E-state index in [1.807, 2.05) is 12.1 Å². The van der Waals surface area contributed by atoms with Gasteiger partial charge in [-0.15, -0.1) is 0 Å². The quantitative estimate of drug-likeness (QED) is 0.632. The molecular formula is C15H14N2. The van der Waals surface area contributed by atoms with Crippen molar-refractivity contribution < 1.29 is 0 Å². The molecule has 1 aromatic heterocycles. The van der Waals surface area contributed by atoms with Crippen LogP contribution in [0.25, 0.3) is 10.8 Å². The minimum Gasteiger partial charge on any atom is -0.384 e. The molecule has 0 saturated carbocycles. The SMILES string of the molecule is Nc1ccccn1.c1ccc2ccccc2c1. The zero-order valence-electron chi connectivity index (χ0n) is 9.45. The molecule has 2 nitrogen and oxygen atoms in total. The zero-order valence-corrected chi connectivity index (χ0v) is 9.45. The van der Waals surface area contributed by atoms with Gasteiger partial charge >= 0.3 is 0 Å². The molecule has 0 spiro atoms. The summed E-state index contributed by atoms with van der Waals surface area (Å²) in [5.74, 6) is 0.572. The summed E-state index contributed by atoms with van der Waals surface area (Å²) in [5, 5.41) is 2.62. The van der Waals surface area contributed by atoms with Crippen LogP contribution in [0.4, 0.5) is 5.82 Å². The number of rotatable bonds is 0. The fourth-order valence-corrected chi connectivity index (χ4v) is 1.51. The van der Waals surface area contributed by atoms with Crippen molar-refractivity contribution in [2.75, 3.05) is 5.73 Å². The summed E-state index contributed by atoms with van der Waals surface area (Å²) in [5.41, 5.74) is 5.25. The topological polar surface area (TPSA) is 38.9 Å². The lowest BCUT2D eigenvalue weighted by Crippen LogP contribution is -1.85. The maximum atomic E-state index is 5.25. The maximum absolute atomic E-state index is 5.25. The van der Waals surface area contributed by atoms with E-state index in [1.54, 1.807) is 12.3 Å². The fourth-order valence-electron chi connectivity index (χ4n) is 1.51. The van der Waals surface area contributed by atoms with Crippen molar-refractivity contribution >= 4 is 16.6 Å². The van der Waals surface area contributed by atoms with E-state index in [-0.39, 0.29) is 0 Å². The Labute approximate surface area is 101 Å². The van der Waals surface area contributed by atoms with Crippen LogP contribution in [0.3, 0.4) is 0 Å². The summed E-state index contributed by atoms with van der Waals surface area (Å²) >= 11 is 0. The summed E-state index contributed by atoms with van der Waals surface area (Å²) in [7, 11) is 0. The number of nitrogen functional groups attached to an aromatic ring is 1. The third-order valence-electron chi connectivity index (χ3n) is 2.35. The van der Waals surface area contributed by atoms with E-state index in [1.165, 1.54) is 10.8 Å². The lowest BCUT2D eigenvalue weighted by molar-refractivity contribution is 1.34. The van der Waals surface area contributed by atoms with Crippen LogP contribution in [0.1, 0.15) is 0 Å². The van der Waals surface area contributed by atoms with E-state index in [4.69, 9.17) is 5.73 Å². The van der Waals surface area contributed by atoms with Crippen LogP contribution in [0.5, 0.6) is 0 Å². The van der Waals surface area contributed by atoms with Crippen molar-refractivity contribution in [2.45, 2.75) is 0 Å². The lowest BCUT2D eigenvalue weighted by Gasteiger charge is -1.92. The molecule has 17 heavy (non-hydrogen) atoms. The fraction of sp³-hybridized carbons (Fsp3) is 0. The van der Waals surface area contributed by atoms with Crippen molar-refractivity contribution in [3.63, 3.8) is 0 Å². The van der Waals surface area contributed by atoms with Crippen molar-refractivity contribution in [2.24, 2.45) is 0 Å². The highest BCUT2D eigenvalue weighted by molar-refractivity contribution is 5.81. The second-order valence-electron chi connectivity index (χ2n) is 3.60. The minimum atomic E-state index is 0.572. The Balaban J connectivity index is 0.000000136. The van der Waals surface area contributed by atoms with Crippen LogP contribution < -0.4 is 5.73 Å². The molecule has 0 unspecified atom stereocenters. The standard InChI is InChI=1S/C10H8.C5H6N2/c1-2-6-10-8-4-3-7-9(10)5-1;6-5-3-1-2-4-7-5/h1-8H;1-4H,(H2,6,7). The smallest absolute Gasteiger partial charge is 0.123 e. The van der Waals surface area contributed by atoms with E-state index >= 15 is 0 Å². The Kier molecular flexibility index (Phi) is 3.71. The summed E-state index contributed by atoms with van der Waals surface area (Å²) in [6.45, 7) is 0. The Morgan fingerprint density at radius 3 is 1.41 bits per heavy atom. The van der Waals surface area contributed by atoms with Crippen LogP contribution in [0.15, 0.2) is 72.9 Å². The molecule has 0 fully saturated rings. The molecule has 0 bridgehead atoms. The van der Waals surface area contributed by atoms with Crippen molar-refractivity contribution in [1.29, 1.82) is 0 Å². The second-order valence-corrected chi connectivity index (χ2v) is 3.60. The molecule has 3 aromatic rings. The number of nitrogens with two attached hydrogens (primary N) is 1. The van der Waals surface area contributed by atoms with E-state index < -0.39 is 0 Å². The van der Waals surface area contributed by atoms with Gasteiger partial charge in [-0.2, -0.15) is 0 Å². The van der Waals surface area contributed by atoms with Crippen molar-refractivity contribution in [3.8, 4) is 0 Å². The van der Waals surface area contributed by atoms with Crippen LogP contribution >= 0.6 is 0 Å². The van der Waals surface area contributed by atoms with Gasteiger partial charge in [0.1, 0.15) is 5.82 Å². The van der Waals surface area contributed by atoms with Gasteiger partial charge in [0.15, 0.2) is 0 Å². The molecule has 84 valence electrons. The van der Waals surface area contributed by atoms with Gasteiger partial charge in [0.2, 0.25) is 0 Å². The number of pyridine rings is 1. The lowest BCUT2D eigenvalue weighted by atomic mass is 10.1. The Bertz CT molecular complexity index is 511. The normalized spacial score (nSPS) is 9.41. The number of benzene rings is 2. The first-order valence-corrected chi connectivity index (χ1v) is 5.46. The highest BCUT2D eigenvalue weighted by atomic mass is 14.8. The maximum Gasteiger partial charge on any atom is 0.123 e. The van der Waals surface area contributed by atoms with Crippen LogP contribution in [-0.2, 0) is 0 Å². The largest absolute Gasteiger partial charge is 0.384 e. The predicted octanol–water partition coefficient (Wildman–Crippen LogP) is 3.50. The van der Waals surface area contributed by atoms with Gasteiger partial charge in [-0.1, -0.05) is 54.6 Å². The molecular weight excluding hydrogens is 208 g/mol. The van der Waals surface area contributed by atoms with E-state index in [0.717, 1.165) is 0 Å². The first-order chi connectivity index (χ1) is 8.36. The molecule has 0 aliphatic carbocycles. The molecule has 2 N–H and O–H groups in total. The number of aromatic nitrogens is 1. The van der Waals surface area contributed by atoms with Gasteiger partial charge in [0.25, 0.3) is 0 Å². The first-order valence-electron chi connectivity index (χ1n) is 5.46. The summed E-state index contributed by atoms with van der Waals surface area (Å²) in [4.78, 5) is 3.76. The Hall–Kier alpha value is -2.35. The third kappa shape index (κ3) is 3.31. The number of hydrogen-bond acceptors (Lipinski definition) is 2. The molecule has 0 aliphatic rings. The third-order valence-corrected chi connectivity index (χ3v) is 2.35. The van der Waals surface area contributed by atoms with Crippen LogP contribution in [0.2, 0.25) is 0 Å². The zero-order chi connectivity index (χ0) is 11.9. The highest BCUT2D eigenvalue weighted by Crippen LogP contribution is 2.11. The molecule has 0 radical (unpaired) electrons. The number of hydrogen-bond donors (Lipinski definition) is 1. The average Bonchev–Trinajstić information content (AvgIpc) is 2.41. The molecule has 1 heterocycles. The molecule has 3 rings (SSSR count). The van der Waals surface area contributed by atoms with Crippen molar-refractivity contribution in [1.82, 2.24) is 4.98 Å². The first kappa shape index (κ1) is 11.1. The van der Waals surface area contributed by atoms with Gasteiger partial charge in [-0.25, -0.2) is 4.98 Å².